The highest BCUT2D eigenvalue weighted by Gasteiger charge is 2.24. The van der Waals surface area contributed by atoms with Crippen molar-refractivity contribution in [2.75, 3.05) is 30.7 Å². The van der Waals surface area contributed by atoms with Crippen LogP contribution in [0.4, 0.5) is 10.3 Å². The molecule has 2 heterocycles. The minimum atomic E-state index is -3.64. The topological polar surface area (TPSA) is 124 Å². The quantitative estimate of drug-likeness (QED) is 0.480. The molecule has 1 aromatic carbocycles. The molecule has 1 aliphatic heterocycles. The third-order valence-electron chi connectivity index (χ3n) is 6.27. The van der Waals surface area contributed by atoms with Gasteiger partial charge in [0.15, 0.2) is 0 Å². The maximum absolute atomic E-state index is 13.6. The van der Waals surface area contributed by atoms with Crippen molar-refractivity contribution in [1.29, 1.82) is 0 Å². The van der Waals surface area contributed by atoms with Crippen molar-refractivity contribution in [3.63, 3.8) is 0 Å². The fourth-order valence-corrected chi connectivity index (χ4v) is 4.52. The minimum absolute atomic E-state index is 0.0286. The standard InChI is InChI=1S/C26H35FN4O5S/c1-17(2)24-22(12-11-20(32)15-21(33)16-23(34)31-13-5-6-14-31)25(18-7-9-19(27)10-8-18)29-26(28-24)30(3)37(4,35)36/h7-12,17,20-21,32-33H,5-6,13-16H2,1-4H3/b12-11+/t20-,21-/m1/s1. The minimum Gasteiger partial charge on any atom is -0.392 e. The normalized spacial score (nSPS) is 15.9. The summed E-state index contributed by atoms with van der Waals surface area (Å²) in [7, 11) is -2.29. The summed E-state index contributed by atoms with van der Waals surface area (Å²) >= 11 is 0. The lowest BCUT2D eigenvalue weighted by molar-refractivity contribution is -0.132. The summed E-state index contributed by atoms with van der Waals surface area (Å²) in [5.74, 6) is -0.727. The van der Waals surface area contributed by atoms with Gasteiger partial charge in [0.1, 0.15) is 5.82 Å². The van der Waals surface area contributed by atoms with Crippen LogP contribution in [0, 0.1) is 5.82 Å². The highest BCUT2D eigenvalue weighted by Crippen LogP contribution is 2.31. The first kappa shape index (κ1) is 28.7. The molecule has 9 nitrogen and oxygen atoms in total. The Hall–Kier alpha value is -2.89. The van der Waals surface area contributed by atoms with E-state index in [1.807, 2.05) is 13.8 Å². The molecule has 11 heteroatoms. The summed E-state index contributed by atoms with van der Waals surface area (Å²) in [4.78, 5) is 23.0. The second-order valence-corrected chi connectivity index (χ2v) is 11.7. The monoisotopic (exact) mass is 534 g/mol. The Morgan fingerprint density at radius 3 is 2.35 bits per heavy atom. The number of amides is 1. The lowest BCUT2D eigenvalue weighted by atomic mass is 9.97. The molecule has 0 unspecified atom stereocenters. The molecule has 2 N–H and O–H groups in total. The van der Waals surface area contributed by atoms with Crippen LogP contribution in [0.5, 0.6) is 0 Å². The van der Waals surface area contributed by atoms with E-state index in [-0.39, 0.29) is 30.6 Å². The number of halogens is 1. The lowest BCUT2D eigenvalue weighted by Gasteiger charge is -2.21. The van der Waals surface area contributed by atoms with Gasteiger partial charge in [0.25, 0.3) is 0 Å². The van der Waals surface area contributed by atoms with E-state index < -0.39 is 28.0 Å². The summed E-state index contributed by atoms with van der Waals surface area (Å²) < 4.78 is 38.9. The molecule has 0 bridgehead atoms. The van der Waals surface area contributed by atoms with Gasteiger partial charge in [-0.1, -0.05) is 26.0 Å². The highest BCUT2D eigenvalue weighted by atomic mass is 32.2. The van der Waals surface area contributed by atoms with Crippen LogP contribution in [-0.4, -0.2) is 78.0 Å². The predicted molar refractivity (Wildman–Crippen MR) is 141 cm³/mol. The van der Waals surface area contributed by atoms with E-state index in [9.17, 15) is 27.8 Å². The first-order valence-electron chi connectivity index (χ1n) is 12.3. The zero-order valence-corrected chi connectivity index (χ0v) is 22.4. The van der Waals surface area contributed by atoms with Crippen LogP contribution >= 0.6 is 0 Å². The molecule has 2 aromatic rings. The van der Waals surface area contributed by atoms with Crippen molar-refractivity contribution < 1.29 is 27.8 Å². The second-order valence-electron chi connectivity index (χ2n) is 9.67. The number of aliphatic hydroxyl groups excluding tert-OH is 2. The van der Waals surface area contributed by atoms with E-state index in [1.165, 1.54) is 37.4 Å². The van der Waals surface area contributed by atoms with Gasteiger partial charge < -0.3 is 15.1 Å². The molecule has 202 valence electrons. The van der Waals surface area contributed by atoms with Gasteiger partial charge in [0, 0.05) is 37.7 Å². The van der Waals surface area contributed by atoms with Crippen molar-refractivity contribution in [1.82, 2.24) is 14.9 Å². The fraction of sp³-hybridized carbons (Fsp3) is 0.500. The molecule has 0 radical (unpaired) electrons. The molecule has 1 aromatic heterocycles. The zero-order chi connectivity index (χ0) is 27.3. The molecule has 1 amide bonds. The van der Waals surface area contributed by atoms with E-state index in [0.29, 0.717) is 35.6 Å². The van der Waals surface area contributed by atoms with Crippen molar-refractivity contribution in [3.8, 4) is 11.3 Å². The first-order chi connectivity index (χ1) is 17.4. The van der Waals surface area contributed by atoms with Gasteiger partial charge in [-0.2, -0.15) is 0 Å². The largest absolute Gasteiger partial charge is 0.392 e. The number of aliphatic hydroxyl groups is 2. The Morgan fingerprint density at radius 1 is 1.16 bits per heavy atom. The molecule has 2 atom stereocenters. The number of rotatable bonds is 10. The van der Waals surface area contributed by atoms with Crippen molar-refractivity contribution in [2.24, 2.45) is 0 Å². The third kappa shape index (κ3) is 7.56. The number of hydrogen-bond acceptors (Lipinski definition) is 7. The van der Waals surface area contributed by atoms with Crippen LogP contribution < -0.4 is 4.31 Å². The lowest BCUT2D eigenvalue weighted by Crippen LogP contribution is -2.31. The van der Waals surface area contributed by atoms with Crippen LogP contribution in [-0.2, 0) is 14.8 Å². The predicted octanol–water partition coefficient (Wildman–Crippen LogP) is 2.94. The SMILES string of the molecule is CC(C)c1nc(N(C)S(C)(=O)=O)nc(-c2ccc(F)cc2)c1/C=C/[C@@H](O)C[C@@H](O)CC(=O)N1CCCC1. The van der Waals surface area contributed by atoms with E-state index >= 15 is 0 Å². The summed E-state index contributed by atoms with van der Waals surface area (Å²) in [6.45, 7) is 5.18. The van der Waals surface area contributed by atoms with Crippen LogP contribution in [0.3, 0.4) is 0 Å². The van der Waals surface area contributed by atoms with Gasteiger partial charge in [0.05, 0.1) is 36.3 Å². The van der Waals surface area contributed by atoms with Crippen LogP contribution in [0.2, 0.25) is 0 Å². The summed E-state index contributed by atoms with van der Waals surface area (Å²) in [6.07, 6.45) is 3.93. The second kappa shape index (κ2) is 12.1. The third-order valence-corrected chi connectivity index (χ3v) is 7.43. The number of aromatic nitrogens is 2. The average Bonchev–Trinajstić information content (AvgIpc) is 3.37. The molecule has 0 spiro atoms. The number of hydrogen-bond donors (Lipinski definition) is 2. The van der Waals surface area contributed by atoms with E-state index in [1.54, 1.807) is 11.0 Å². The van der Waals surface area contributed by atoms with Crippen LogP contribution in [0.1, 0.15) is 56.7 Å². The Kier molecular flexibility index (Phi) is 9.38. The molecule has 1 saturated heterocycles. The number of carbonyl (C=O) groups is 1. The number of carbonyl (C=O) groups excluding carboxylic acids is 1. The van der Waals surface area contributed by atoms with Crippen molar-refractivity contribution in [2.45, 2.75) is 57.7 Å². The number of likely N-dealkylation sites (tertiary alicyclic amines) is 1. The summed E-state index contributed by atoms with van der Waals surface area (Å²) in [5.41, 5.74) is 1.98. The van der Waals surface area contributed by atoms with Gasteiger partial charge in [0.2, 0.25) is 21.9 Å². The Labute approximate surface area is 217 Å². The fourth-order valence-electron chi connectivity index (χ4n) is 4.14. The summed E-state index contributed by atoms with van der Waals surface area (Å²) in [5, 5.41) is 20.9. The average molecular weight is 535 g/mol. The van der Waals surface area contributed by atoms with Gasteiger partial charge in [-0.05, 0) is 43.0 Å². The number of nitrogens with zero attached hydrogens (tertiary/aromatic N) is 4. The molecule has 1 aliphatic rings. The van der Waals surface area contributed by atoms with Gasteiger partial charge in [-0.15, -0.1) is 0 Å². The molecular formula is C26H35FN4O5S. The van der Waals surface area contributed by atoms with E-state index in [4.69, 9.17) is 0 Å². The first-order valence-corrected chi connectivity index (χ1v) is 14.2. The van der Waals surface area contributed by atoms with Gasteiger partial charge >= 0.3 is 0 Å². The Bertz CT molecular complexity index is 1230. The Balaban J connectivity index is 1.93. The van der Waals surface area contributed by atoms with E-state index in [2.05, 4.69) is 9.97 Å². The number of benzene rings is 1. The molecule has 37 heavy (non-hydrogen) atoms. The van der Waals surface area contributed by atoms with Gasteiger partial charge in [-0.3, -0.25) is 4.79 Å². The van der Waals surface area contributed by atoms with Crippen LogP contribution in [0.25, 0.3) is 17.3 Å². The maximum atomic E-state index is 13.6. The molecule has 1 fully saturated rings. The number of anilines is 1. The van der Waals surface area contributed by atoms with E-state index in [0.717, 1.165) is 23.4 Å². The van der Waals surface area contributed by atoms with Crippen LogP contribution in [0.15, 0.2) is 30.3 Å². The van der Waals surface area contributed by atoms with Crippen molar-refractivity contribution >= 4 is 28.0 Å². The maximum Gasteiger partial charge on any atom is 0.239 e. The molecular weight excluding hydrogens is 499 g/mol. The molecule has 0 aliphatic carbocycles. The molecule has 3 rings (SSSR count). The molecule has 0 saturated carbocycles. The Morgan fingerprint density at radius 2 is 1.78 bits per heavy atom. The van der Waals surface area contributed by atoms with Crippen molar-refractivity contribution in [3.05, 3.63) is 47.4 Å². The highest BCUT2D eigenvalue weighted by molar-refractivity contribution is 7.92. The summed E-state index contributed by atoms with van der Waals surface area (Å²) in [6, 6.07) is 5.63. The van der Waals surface area contributed by atoms with Gasteiger partial charge in [-0.25, -0.2) is 27.1 Å². The number of sulfonamides is 1. The smallest absolute Gasteiger partial charge is 0.239 e. The zero-order valence-electron chi connectivity index (χ0n) is 21.6.